The predicted octanol–water partition coefficient (Wildman–Crippen LogP) is 3.80. The molecule has 23 heavy (non-hydrogen) atoms. The Balaban J connectivity index is 1.62. The van der Waals surface area contributed by atoms with Crippen LogP contribution >= 0.6 is 0 Å². The number of carbonyl (C=O) groups excluding carboxylic acids is 1. The fraction of sp³-hybridized carbons (Fsp3) is 0.500. The summed E-state index contributed by atoms with van der Waals surface area (Å²) >= 11 is 0. The van der Waals surface area contributed by atoms with Crippen molar-refractivity contribution in [3.63, 3.8) is 0 Å². The number of carbonyl (C=O) groups is 1. The molecule has 1 aliphatic carbocycles. The highest BCUT2D eigenvalue weighted by molar-refractivity contribution is 6.04. The number of anilines is 1. The van der Waals surface area contributed by atoms with Crippen molar-refractivity contribution in [2.75, 3.05) is 5.32 Å². The first-order chi connectivity index (χ1) is 11.1. The molecule has 0 bridgehead atoms. The van der Waals surface area contributed by atoms with Crippen LogP contribution in [0.25, 0.3) is 0 Å². The zero-order valence-electron chi connectivity index (χ0n) is 13.9. The van der Waals surface area contributed by atoms with Crippen molar-refractivity contribution in [2.24, 2.45) is 5.92 Å². The van der Waals surface area contributed by atoms with E-state index in [1.54, 1.807) is 0 Å². The molecule has 5 nitrogen and oxygen atoms in total. The topological polar surface area (TPSA) is 70.7 Å². The number of hydrogen-bond acceptors (Lipinski definition) is 3. The first kappa shape index (κ1) is 15.7. The number of pyridine rings is 1. The summed E-state index contributed by atoms with van der Waals surface area (Å²) in [6.45, 7) is 3.76. The molecule has 0 spiro atoms. The molecule has 0 aromatic carbocycles. The van der Waals surface area contributed by atoms with E-state index in [0.717, 1.165) is 29.4 Å². The van der Waals surface area contributed by atoms with Crippen LogP contribution in [0.15, 0.2) is 18.2 Å². The van der Waals surface area contributed by atoms with Crippen LogP contribution in [0.4, 0.5) is 5.82 Å². The first-order valence-electron chi connectivity index (χ1n) is 8.41. The van der Waals surface area contributed by atoms with Gasteiger partial charge in [-0.3, -0.25) is 14.9 Å². The van der Waals surface area contributed by atoms with Crippen molar-refractivity contribution in [3.8, 4) is 0 Å². The minimum atomic E-state index is -0.161. The molecule has 1 aliphatic rings. The van der Waals surface area contributed by atoms with E-state index < -0.39 is 0 Å². The maximum absolute atomic E-state index is 12.3. The quantitative estimate of drug-likeness (QED) is 0.902. The number of amides is 1. The van der Waals surface area contributed by atoms with Crippen LogP contribution in [-0.2, 0) is 6.42 Å². The largest absolute Gasteiger partial charge is 0.305 e. The zero-order chi connectivity index (χ0) is 16.2. The molecule has 0 saturated heterocycles. The van der Waals surface area contributed by atoms with E-state index in [1.807, 2.05) is 32.0 Å². The van der Waals surface area contributed by atoms with E-state index in [9.17, 15) is 4.79 Å². The molecule has 0 radical (unpaired) electrons. The molecule has 5 heteroatoms. The lowest BCUT2D eigenvalue weighted by Crippen LogP contribution is -2.14. The summed E-state index contributed by atoms with van der Waals surface area (Å²) < 4.78 is 0. The Morgan fingerprint density at radius 1 is 1.26 bits per heavy atom. The highest BCUT2D eigenvalue weighted by atomic mass is 16.1. The van der Waals surface area contributed by atoms with E-state index in [-0.39, 0.29) is 5.91 Å². The van der Waals surface area contributed by atoms with Crippen molar-refractivity contribution in [2.45, 2.75) is 52.4 Å². The van der Waals surface area contributed by atoms with Gasteiger partial charge in [-0.15, -0.1) is 0 Å². The molecule has 0 unspecified atom stereocenters. The summed E-state index contributed by atoms with van der Waals surface area (Å²) in [5.41, 5.74) is 3.34. The summed E-state index contributed by atoms with van der Waals surface area (Å²) in [6.07, 6.45) is 7.66. The van der Waals surface area contributed by atoms with Crippen molar-refractivity contribution < 1.29 is 4.79 Å². The summed E-state index contributed by atoms with van der Waals surface area (Å²) in [4.78, 5) is 16.7. The van der Waals surface area contributed by atoms with Gasteiger partial charge in [0.15, 0.2) is 5.82 Å². The number of hydrogen-bond donors (Lipinski definition) is 2. The summed E-state index contributed by atoms with van der Waals surface area (Å²) in [6, 6.07) is 5.60. The fourth-order valence-corrected chi connectivity index (χ4v) is 3.34. The molecule has 1 saturated carbocycles. The number of aryl methyl sites for hydroxylation is 2. The molecule has 122 valence electrons. The van der Waals surface area contributed by atoms with Crippen molar-refractivity contribution in [1.29, 1.82) is 0 Å². The van der Waals surface area contributed by atoms with Gasteiger partial charge in [-0.1, -0.05) is 32.1 Å². The second-order valence-corrected chi connectivity index (χ2v) is 6.53. The molecule has 1 amide bonds. The monoisotopic (exact) mass is 312 g/mol. The van der Waals surface area contributed by atoms with Crippen LogP contribution < -0.4 is 5.32 Å². The van der Waals surface area contributed by atoms with Gasteiger partial charge in [-0.2, -0.15) is 5.10 Å². The summed E-state index contributed by atoms with van der Waals surface area (Å²) in [5.74, 6) is 1.17. The molecule has 0 aliphatic heterocycles. The van der Waals surface area contributed by atoms with Crippen LogP contribution in [0.2, 0.25) is 0 Å². The number of rotatable bonds is 4. The van der Waals surface area contributed by atoms with Crippen LogP contribution in [0.5, 0.6) is 0 Å². The first-order valence-corrected chi connectivity index (χ1v) is 8.41. The maximum Gasteiger partial charge on any atom is 0.258 e. The standard InChI is InChI=1S/C18H24N4O/c1-12-8-9-16(13(2)19-12)18(23)20-17-11-15(21-22-17)10-14-6-4-3-5-7-14/h8-9,11,14H,3-7,10H2,1-2H3,(H2,20,21,22,23). The fourth-order valence-electron chi connectivity index (χ4n) is 3.34. The Bertz CT molecular complexity index is 686. The molecule has 1 fully saturated rings. The number of H-pyrrole nitrogens is 1. The van der Waals surface area contributed by atoms with E-state index >= 15 is 0 Å². The molecule has 3 rings (SSSR count). The Hall–Kier alpha value is -2.17. The van der Waals surface area contributed by atoms with E-state index in [4.69, 9.17) is 0 Å². The molecule has 2 heterocycles. The van der Waals surface area contributed by atoms with Crippen molar-refractivity contribution in [1.82, 2.24) is 15.2 Å². The zero-order valence-corrected chi connectivity index (χ0v) is 13.9. The second-order valence-electron chi connectivity index (χ2n) is 6.53. The predicted molar refractivity (Wildman–Crippen MR) is 90.5 cm³/mol. The number of nitrogens with one attached hydrogen (secondary N) is 2. The molecular formula is C18H24N4O. The van der Waals surface area contributed by atoms with E-state index in [0.29, 0.717) is 11.4 Å². The molecule has 2 aromatic heterocycles. The SMILES string of the molecule is Cc1ccc(C(=O)Nc2cc(CC3CCCCC3)[nH]n2)c(C)n1. The molecular weight excluding hydrogens is 288 g/mol. The molecule has 0 atom stereocenters. The van der Waals surface area contributed by atoms with Gasteiger partial charge in [0, 0.05) is 17.5 Å². The normalized spacial score (nSPS) is 15.6. The third kappa shape index (κ3) is 3.97. The van der Waals surface area contributed by atoms with Crippen LogP contribution in [0.3, 0.4) is 0 Å². The van der Waals surface area contributed by atoms with Crippen LogP contribution in [-0.4, -0.2) is 21.1 Å². The highest BCUT2D eigenvalue weighted by Crippen LogP contribution is 2.26. The second kappa shape index (κ2) is 6.94. The maximum atomic E-state index is 12.3. The third-order valence-electron chi connectivity index (χ3n) is 4.58. The van der Waals surface area contributed by atoms with Crippen molar-refractivity contribution >= 4 is 11.7 Å². The Kier molecular flexibility index (Phi) is 4.74. The number of nitrogens with zero attached hydrogens (tertiary/aromatic N) is 2. The van der Waals surface area contributed by atoms with Gasteiger partial charge in [0.2, 0.25) is 0 Å². The highest BCUT2D eigenvalue weighted by Gasteiger charge is 2.16. The van der Waals surface area contributed by atoms with Gasteiger partial charge in [0.25, 0.3) is 5.91 Å². The van der Waals surface area contributed by atoms with E-state index in [1.165, 1.54) is 32.1 Å². The Morgan fingerprint density at radius 2 is 2.04 bits per heavy atom. The van der Waals surface area contributed by atoms with Gasteiger partial charge in [0.05, 0.1) is 11.3 Å². The number of aromatic nitrogens is 3. The van der Waals surface area contributed by atoms with Crippen molar-refractivity contribution in [3.05, 3.63) is 40.8 Å². The third-order valence-corrected chi connectivity index (χ3v) is 4.58. The summed E-state index contributed by atoms with van der Waals surface area (Å²) in [5, 5.41) is 10.1. The average Bonchev–Trinajstić information content (AvgIpc) is 2.95. The number of aromatic amines is 1. The molecule has 2 N–H and O–H groups in total. The van der Waals surface area contributed by atoms with Crippen LogP contribution in [0.1, 0.15) is 59.5 Å². The Morgan fingerprint density at radius 3 is 2.78 bits per heavy atom. The lowest BCUT2D eigenvalue weighted by atomic mass is 9.86. The van der Waals surface area contributed by atoms with Gasteiger partial charge < -0.3 is 5.32 Å². The lowest BCUT2D eigenvalue weighted by Gasteiger charge is -2.20. The minimum Gasteiger partial charge on any atom is -0.305 e. The van der Waals surface area contributed by atoms with Gasteiger partial charge in [0.1, 0.15) is 0 Å². The van der Waals surface area contributed by atoms with E-state index in [2.05, 4.69) is 20.5 Å². The van der Waals surface area contributed by atoms with Gasteiger partial charge in [-0.05, 0) is 38.3 Å². The van der Waals surface area contributed by atoms with Crippen LogP contribution in [0, 0.1) is 19.8 Å². The van der Waals surface area contributed by atoms with Gasteiger partial charge >= 0.3 is 0 Å². The average molecular weight is 312 g/mol. The smallest absolute Gasteiger partial charge is 0.258 e. The van der Waals surface area contributed by atoms with Gasteiger partial charge in [-0.25, -0.2) is 0 Å². The Labute approximate surface area is 136 Å². The minimum absolute atomic E-state index is 0.161. The molecule has 2 aromatic rings. The lowest BCUT2D eigenvalue weighted by molar-refractivity contribution is 0.102. The summed E-state index contributed by atoms with van der Waals surface area (Å²) in [7, 11) is 0.